The Kier molecular flexibility index (Phi) is 8.16. The summed E-state index contributed by atoms with van der Waals surface area (Å²) >= 11 is 0. The summed E-state index contributed by atoms with van der Waals surface area (Å²) in [6.07, 6.45) is 1.18. The highest BCUT2D eigenvalue weighted by molar-refractivity contribution is 5.90. The molecule has 5 heteroatoms. The lowest BCUT2D eigenvalue weighted by atomic mass is 10.1. The molecule has 0 fully saturated rings. The van der Waals surface area contributed by atoms with Crippen LogP contribution in [0.4, 0.5) is 5.69 Å². The molecule has 0 bridgehead atoms. The van der Waals surface area contributed by atoms with Crippen molar-refractivity contribution in [3.8, 4) is 5.75 Å². The molecule has 0 aliphatic rings. The zero-order valence-electron chi connectivity index (χ0n) is 13.5. The number of methoxy groups -OCH3 is 1. The number of amides is 1. The Labute approximate surface area is 143 Å². The molecule has 0 heterocycles. The van der Waals surface area contributed by atoms with E-state index in [1.807, 2.05) is 55.6 Å². The topological polar surface area (TPSA) is 50.4 Å². The van der Waals surface area contributed by atoms with E-state index in [1.165, 1.54) is 5.56 Å². The van der Waals surface area contributed by atoms with Gasteiger partial charge < -0.3 is 15.4 Å². The monoisotopic (exact) mass is 334 g/mol. The predicted octanol–water partition coefficient (Wildman–Crippen LogP) is 3.41. The lowest BCUT2D eigenvalue weighted by molar-refractivity contribution is -0.116. The van der Waals surface area contributed by atoms with Gasteiger partial charge in [0.2, 0.25) is 5.91 Å². The Hall–Kier alpha value is -2.04. The third-order valence-corrected chi connectivity index (χ3v) is 3.42. The van der Waals surface area contributed by atoms with Crippen LogP contribution in [-0.2, 0) is 17.8 Å². The van der Waals surface area contributed by atoms with E-state index in [4.69, 9.17) is 4.74 Å². The van der Waals surface area contributed by atoms with E-state index in [0.29, 0.717) is 12.8 Å². The van der Waals surface area contributed by atoms with Crippen molar-refractivity contribution in [3.63, 3.8) is 0 Å². The molecular formula is C18H23ClN2O2. The number of halogens is 1. The largest absolute Gasteiger partial charge is 0.497 e. The van der Waals surface area contributed by atoms with Gasteiger partial charge in [-0.15, -0.1) is 12.4 Å². The average Bonchev–Trinajstić information content (AvgIpc) is 2.55. The Morgan fingerprint density at radius 2 is 1.61 bits per heavy atom. The van der Waals surface area contributed by atoms with Crippen molar-refractivity contribution >= 4 is 24.0 Å². The van der Waals surface area contributed by atoms with Crippen LogP contribution >= 0.6 is 12.4 Å². The fraction of sp³-hybridized carbons (Fsp3) is 0.278. The van der Waals surface area contributed by atoms with Gasteiger partial charge in [-0.3, -0.25) is 4.79 Å². The minimum atomic E-state index is 0. The summed E-state index contributed by atoms with van der Waals surface area (Å²) in [5.41, 5.74) is 3.15. The molecule has 2 N–H and O–H groups in total. The van der Waals surface area contributed by atoms with Gasteiger partial charge in [-0.05, 0) is 48.9 Å². The van der Waals surface area contributed by atoms with Crippen molar-refractivity contribution in [2.45, 2.75) is 19.4 Å². The molecule has 2 aromatic carbocycles. The van der Waals surface area contributed by atoms with E-state index in [2.05, 4.69) is 10.6 Å². The van der Waals surface area contributed by atoms with Crippen LogP contribution in [0.15, 0.2) is 48.5 Å². The number of aryl methyl sites for hydroxylation is 1. The number of nitrogens with one attached hydrogen (secondary N) is 2. The second-order valence-corrected chi connectivity index (χ2v) is 5.12. The van der Waals surface area contributed by atoms with Crippen molar-refractivity contribution in [2.24, 2.45) is 0 Å². The molecule has 0 aliphatic heterocycles. The smallest absolute Gasteiger partial charge is 0.224 e. The number of anilines is 1. The van der Waals surface area contributed by atoms with Crippen LogP contribution < -0.4 is 15.4 Å². The van der Waals surface area contributed by atoms with Gasteiger partial charge in [0, 0.05) is 18.7 Å². The van der Waals surface area contributed by atoms with Gasteiger partial charge in [-0.25, -0.2) is 0 Å². The molecule has 0 atom stereocenters. The maximum Gasteiger partial charge on any atom is 0.224 e. The summed E-state index contributed by atoms with van der Waals surface area (Å²) in [4.78, 5) is 12.0. The Bertz CT molecular complexity index is 597. The molecule has 23 heavy (non-hydrogen) atoms. The SMILES string of the molecule is CNCc1ccc(NC(=O)CCc2ccc(OC)cc2)cc1.Cl. The van der Waals surface area contributed by atoms with Gasteiger partial charge in [0.25, 0.3) is 0 Å². The van der Waals surface area contributed by atoms with Crippen LogP contribution in [-0.4, -0.2) is 20.1 Å². The fourth-order valence-corrected chi connectivity index (χ4v) is 2.18. The number of benzene rings is 2. The Morgan fingerprint density at radius 3 is 2.17 bits per heavy atom. The molecule has 2 rings (SSSR count). The summed E-state index contributed by atoms with van der Waals surface area (Å²) in [6, 6.07) is 15.7. The first-order chi connectivity index (χ1) is 10.7. The lowest BCUT2D eigenvalue weighted by Crippen LogP contribution is -2.12. The molecule has 0 unspecified atom stereocenters. The molecule has 0 radical (unpaired) electrons. The van der Waals surface area contributed by atoms with Gasteiger partial charge in [0.05, 0.1) is 7.11 Å². The highest BCUT2D eigenvalue weighted by Gasteiger charge is 2.04. The first-order valence-corrected chi connectivity index (χ1v) is 7.37. The number of hydrogen-bond acceptors (Lipinski definition) is 3. The third-order valence-electron chi connectivity index (χ3n) is 3.42. The third kappa shape index (κ3) is 6.30. The van der Waals surface area contributed by atoms with E-state index < -0.39 is 0 Å². The second-order valence-electron chi connectivity index (χ2n) is 5.12. The van der Waals surface area contributed by atoms with Crippen LogP contribution in [0, 0.1) is 0 Å². The summed E-state index contributed by atoms with van der Waals surface area (Å²) < 4.78 is 5.12. The van der Waals surface area contributed by atoms with Gasteiger partial charge in [-0.1, -0.05) is 24.3 Å². The number of carbonyl (C=O) groups excluding carboxylic acids is 1. The zero-order valence-corrected chi connectivity index (χ0v) is 14.3. The van der Waals surface area contributed by atoms with E-state index in [-0.39, 0.29) is 18.3 Å². The minimum Gasteiger partial charge on any atom is -0.497 e. The van der Waals surface area contributed by atoms with Crippen molar-refractivity contribution in [1.29, 1.82) is 0 Å². The number of ether oxygens (including phenoxy) is 1. The normalized spacial score (nSPS) is 9.83. The summed E-state index contributed by atoms with van der Waals surface area (Å²) in [7, 11) is 3.55. The Morgan fingerprint density at radius 1 is 1.00 bits per heavy atom. The van der Waals surface area contributed by atoms with E-state index >= 15 is 0 Å². The highest BCUT2D eigenvalue weighted by Crippen LogP contribution is 2.14. The van der Waals surface area contributed by atoms with Crippen LogP contribution in [0.1, 0.15) is 17.5 Å². The maximum atomic E-state index is 12.0. The molecule has 0 aromatic heterocycles. The van der Waals surface area contributed by atoms with Crippen LogP contribution in [0.3, 0.4) is 0 Å². The molecule has 124 valence electrons. The summed E-state index contributed by atoms with van der Waals surface area (Å²) in [5.74, 6) is 0.854. The quantitative estimate of drug-likeness (QED) is 0.816. The zero-order chi connectivity index (χ0) is 15.8. The molecule has 4 nitrogen and oxygen atoms in total. The van der Waals surface area contributed by atoms with Crippen molar-refractivity contribution in [2.75, 3.05) is 19.5 Å². The highest BCUT2D eigenvalue weighted by atomic mass is 35.5. The average molecular weight is 335 g/mol. The first-order valence-electron chi connectivity index (χ1n) is 7.37. The van der Waals surface area contributed by atoms with Crippen molar-refractivity contribution in [1.82, 2.24) is 5.32 Å². The molecule has 0 aliphatic carbocycles. The second kappa shape index (κ2) is 9.87. The van der Waals surface area contributed by atoms with E-state index in [0.717, 1.165) is 23.5 Å². The Balaban J connectivity index is 0.00000264. The summed E-state index contributed by atoms with van der Waals surface area (Å²) in [6.45, 7) is 0.825. The number of carbonyl (C=O) groups is 1. The van der Waals surface area contributed by atoms with Crippen LogP contribution in [0.25, 0.3) is 0 Å². The number of rotatable bonds is 7. The van der Waals surface area contributed by atoms with Crippen LogP contribution in [0.2, 0.25) is 0 Å². The first kappa shape index (κ1) is 19.0. The number of hydrogen-bond donors (Lipinski definition) is 2. The minimum absolute atomic E-state index is 0. The predicted molar refractivity (Wildman–Crippen MR) is 96.4 cm³/mol. The standard InChI is InChI=1S/C18H22N2O2.ClH/c1-19-13-15-3-8-16(9-4-15)20-18(21)12-7-14-5-10-17(22-2)11-6-14;/h3-6,8-11,19H,7,12-13H2,1-2H3,(H,20,21);1H. The van der Waals surface area contributed by atoms with Gasteiger partial charge in [0.15, 0.2) is 0 Å². The van der Waals surface area contributed by atoms with Crippen molar-refractivity contribution in [3.05, 3.63) is 59.7 Å². The van der Waals surface area contributed by atoms with Gasteiger partial charge in [-0.2, -0.15) is 0 Å². The molecule has 2 aromatic rings. The molecule has 0 saturated heterocycles. The van der Waals surface area contributed by atoms with E-state index in [9.17, 15) is 4.79 Å². The maximum absolute atomic E-state index is 12.0. The van der Waals surface area contributed by atoms with Gasteiger partial charge in [0.1, 0.15) is 5.75 Å². The van der Waals surface area contributed by atoms with Crippen molar-refractivity contribution < 1.29 is 9.53 Å². The van der Waals surface area contributed by atoms with Crippen LogP contribution in [0.5, 0.6) is 5.75 Å². The fourth-order valence-electron chi connectivity index (χ4n) is 2.18. The van der Waals surface area contributed by atoms with E-state index in [1.54, 1.807) is 7.11 Å². The molecular weight excluding hydrogens is 312 g/mol. The van der Waals surface area contributed by atoms with Gasteiger partial charge >= 0.3 is 0 Å². The molecule has 0 saturated carbocycles. The lowest BCUT2D eigenvalue weighted by Gasteiger charge is -2.07. The molecule has 1 amide bonds. The summed E-state index contributed by atoms with van der Waals surface area (Å²) in [5, 5.41) is 6.01. The molecule has 0 spiro atoms.